The molecule has 2 aromatic rings. The first-order valence-corrected chi connectivity index (χ1v) is 16.2. The van der Waals surface area contributed by atoms with Gasteiger partial charge in [-0.25, -0.2) is 9.59 Å². The quantitative estimate of drug-likeness (QED) is 0.251. The molecule has 0 spiro atoms. The number of aliphatic hydroxyl groups is 1. The number of Topliss-reactive ketones (excluding diaryl/α,β-unsaturated/α-hetero) is 2. The Morgan fingerprint density at radius 1 is 0.776 bits per heavy atom. The summed E-state index contributed by atoms with van der Waals surface area (Å²) in [5.74, 6) is -6.97. The molecule has 260 valence electrons. The molecule has 5 rings (SSSR count). The van der Waals surface area contributed by atoms with E-state index in [1.54, 1.807) is 69.3 Å². The summed E-state index contributed by atoms with van der Waals surface area (Å²) in [6.45, 7) is 12.6. The van der Waals surface area contributed by atoms with Crippen LogP contribution in [0.1, 0.15) is 75.1 Å². The summed E-state index contributed by atoms with van der Waals surface area (Å²) in [5.41, 5.74) is -6.61. The van der Waals surface area contributed by atoms with Crippen molar-refractivity contribution in [1.29, 1.82) is 0 Å². The second-order valence-corrected chi connectivity index (χ2v) is 14.4. The third-order valence-corrected chi connectivity index (χ3v) is 10.9. The van der Waals surface area contributed by atoms with Crippen molar-refractivity contribution in [3.8, 4) is 0 Å². The first kappa shape index (κ1) is 35.7. The lowest BCUT2D eigenvalue weighted by atomic mass is 9.39. The first-order valence-electron chi connectivity index (χ1n) is 16.2. The molecule has 0 aliphatic heterocycles. The molecular weight excluding hydrogens is 632 g/mol. The van der Waals surface area contributed by atoms with E-state index in [1.165, 1.54) is 25.1 Å². The van der Waals surface area contributed by atoms with Crippen molar-refractivity contribution in [2.45, 2.75) is 84.4 Å². The summed E-state index contributed by atoms with van der Waals surface area (Å²) in [4.78, 5) is 81.7. The van der Waals surface area contributed by atoms with Gasteiger partial charge in [0.05, 0.1) is 22.5 Å². The van der Waals surface area contributed by atoms with E-state index >= 15 is 0 Å². The Morgan fingerprint density at radius 2 is 1.27 bits per heavy atom. The SMILES string of the molecule is C=C[C@@]1(C)CC(=O)[C@H]2[C@](O)(C1=O)[C@H](OC(C)=O)C[C@H]1C(C)(C)[C@H](OC(=O)c3ccccc3)[C@@H](OC(C)=O)[C@H](OC(=O)c3ccccc3)[C@@]12C. The van der Waals surface area contributed by atoms with Gasteiger partial charge in [0.15, 0.2) is 17.5 Å². The molecule has 1 N–H and O–H groups in total. The molecular formula is C38H42O11. The van der Waals surface area contributed by atoms with Crippen molar-refractivity contribution in [2.75, 3.05) is 0 Å². The lowest BCUT2D eigenvalue weighted by molar-refractivity contribution is -0.292. The summed E-state index contributed by atoms with van der Waals surface area (Å²) in [7, 11) is 0. The summed E-state index contributed by atoms with van der Waals surface area (Å²) in [5, 5.41) is 12.6. The lowest BCUT2D eigenvalue weighted by Gasteiger charge is -2.67. The number of ketones is 2. The molecule has 11 nitrogen and oxygen atoms in total. The van der Waals surface area contributed by atoms with E-state index in [0.29, 0.717) is 0 Å². The summed E-state index contributed by atoms with van der Waals surface area (Å²) < 4.78 is 24.0. The van der Waals surface area contributed by atoms with Gasteiger partial charge in [-0.1, -0.05) is 63.2 Å². The van der Waals surface area contributed by atoms with Crippen LogP contribution in [0.15, 0.2) is 73.3 Å². The van der Waals surface area contributed by atoms with Crippen molar-refractivity contribution in [3.05, 3.63) is 84.4 Å². The molecule has 11 heteroatoms. The highest BCUT2D eigenvalue weighted by molar-refractivity contribution is 6.07. The number of rotatable bonds is 7. The molecule has 0 aromatic heterocycles. The van der Waals surface area contributed by atoms with Crippen LogP contribution in [0.5, 0.6) is 0 Å². The van der Waals surface area contributed by atoms with Gasteiger partial charge in [0.2, 0.25) is 0 Å². The van der Waals surface area contributed by atoms with Crippen LogP contribution in [0, 0.1) is 28.1 Å². The van der Waals surface area contributed by atoms with Crippen molar-refractivity contribution < 1.29 is 52.8 Å². The standard InChI is InChI=1S/C38H42O11/c1-8-36(6)20-25(41)29-37(7)26(19-27(46-21(2)39)38(29,45)34(36)44)35(4,5)30(48-32(42)23-15-11-9-12-16-23)28(47-22(3)40)31(37)49-33(43)24-17-13-10-14-18-24/h8-18,26-31,45H,1,19-20H2,2-7H3/t26-,27+,28+,29+,30+,31-,36-,37-,38-/m0/s1. The number of carbonyl (C=O) groups excluding carboxylic acids is 6. The highest BCUT2D eigenvalue weighted by Crippen LogP contribution is 2.66. The molecule has 2 aromatic carbocycles. The number of carbonyl (C=O) groups is 6. The van der Waals surface area contributed by atoms with Gasteiger partial charge < -0.3 is 24.1 Å². The van der Waals surface area contributed by atoms with Crippen molar-refractivity contribution in [3.63, 3.8) is 0 Å². The minimum Gasteiger partial charge on any atom is -0.459 e. The number of fused-ring (bicyclic) bond motifs is 3. The van der Waals surface area contributed by atoms with Gasteiger partial charge in [0, 0.05) is 31.1 Å². The van der Waals surface area contributed by atoms with Gasteiger partial charge in [-0.05, 0) is 43.5 Å². The van der Waals surface area contributed by atoms with E-state index in [4.69, 9.17) is 18.9 Å². The van der Waals surface area contributed by atoms with E-state index in [0.717, 1.165) is 13.8 Å². The molecule has 0 heterocycles. The van der Waals surface area contributed by atoms with Crippen LogP contribution in [-0.4, -0.2) is 70.6 Å². The largest absolute Gasteiger partial charge is 0.459 e. The monoisotopic (exact) mass is 674 g/mol. The van der Waals surface area contributed by atoms with Crippen molar-refractivity contribution in [1.82, 2.24) is 0 Å². The normalized spacial score (nSPS) is 34.8. The van der Waals surface area contributed by atoms with E-state index in [2.05, 4.69) is 6.58 Å². The van der Waals surface area contributed by atoms with Crippen molar-refractivity contribution in [2.24, 2.45) is 28.1 Å². The topological polar surface area (TPSA) is 160 Å². The predicted molar refractivity (Wildman–Crippen MR) is 174 cm³/mol. The Labute approximate surface area is 284 Å². The fraction of sp³-hybridized carbons (Fsp3) is 0.474. The van der Waals surface area contributed by atoms with E-state index < -0.39 is 93.5 Å². The van der Waals surface area contributed by atoms with Crippen LogP contribution >= 0.6 is 0 Å². The second kappa shape index (κ2) is 12.7. The molecule has 0 bridgehead atoms. The van der Waals surface area contributed by atoms with Gasteiger partial charge in [0.1, 0.15) is 24.1 Å². The van der Waals surface area contributed by atoms with Gasteiger partial charge in [-0.2, -0.15) is 0 Å². The average Bonchev–Trinajstić information content (AvgIpc) is 3.05. The Balaban J connectivity index is 1.77. The first-order chi connectivity index (χ1) is 22.9. The summed E-state index contributed by atoms with van der Waals surface area (Å²) >= 11 is 0. The number of hydrogen-bond acceptors (Lipinski definition) is 11. The van der Waals surface area contributed by atoms with Crippen LogP contribution in [-0.2, 0) is 38.1 Å². The minimum absolute atomic E-state index is 0.140. The third-order valence-electron chi connectivity index (χ3n) is 10.9. The van der Waals surface area contributed by atoms with Crippen LogP contribution in [0.2, 0.25) is 0 Å². The van der Waals surface area contributed by atoms with Crippen molar-refractivity contribution >= 4 is 35.4 Å². The molecule has 0 saturated heterocycles. The van der Waals surface area contributed by atoms with Gasteiger partial charge in [-0.15, -0.1) is 6.58 Å². The maximum absolute atomic E-state index is 14.5. The Hall–Kier alpha value is -4.64. The fourth-order valence-corrected chi connectivity index (χ4v) is 8.73. The molecule has 3 fully saturated rings. The molecule has 9 atom stereocenters. The molecule has 0 unspecified atom stereocenters. The molecule has 3 aliphatic carbocycles. The lowest BCUT2D eigenvalue weighted by Crippen LogP contribution is -2.80. The fourth-order valence-electron chi connectivity index (χ4n) is 8.73. The second-order valence-electron chi connectivity index (χ2n) is 14.4. The highest BCUT2D eigenvalue weighted by Gasteiger charge is 2.78. The minimum atomic E-state index is -2.59. The maximum Gasteiger partial charge on any atom is 0.338 e. The number of hydrogen-bond donors (Lipinski definition) is 1. The number of allylic oxidation sites excluding steroid dienone is 1. The highest BCUT2D eigenvalue weighted by atomic mass is 16.6. The van der Waals surface area contributed by atoms with Gasteiger partial charge in [-0.3, -0.25) is 19.2 Å². The predicted octanol–water partition coefficient (Wildman–Crippen LogP) is 4.45. The number of esters is 4. The Kier molecular flexibility index (Phi) is 9.22. The smallest absolute Gasteiger partial charge is 0.338 e. The van der Waals surface area contributed by atoms with E-state index in [9.17, 15) is 33.9 Å². The zero-order chi connectivity index (χ0) is 36.1. The maximum atomic E-state index is 14.5. The third kappa shape index (κ3) is 5.77. The summed E-state index contributed by atoms with van der Waals surface area (Å²) in [6, 6.07) is 16.1. The molecule has 0 radical (unpaired) electrons. The zero-order valence-electron chi connectivity index (χ0n) is 28.5. The molecule has 3 saturated carbocycles. The Morgan fingerprint density at radius 3 is 1.73 bits per heavy atom. The van der Waals surface area contributed by atoms with Gasteiger partial charge >= 0.3 is 23.9 Å². The van der Waals surface area contributed by atoms with E-state index in [-0.39, 0.29) is 24.0 Å². The number of ether oxygens (including phenoxy) is 4. The summed E-state index contributed by atoms with van der Waals surface area (Å²) in [6.07, 6.45) is -5.10. The van der Waals surface area contributed by atoms with Crippen LogP contribution in [0.3, 0.4) is 0 Å². The van der Waals surface area contributed by atoms with Crippen LogP contribution in [0.4, 0.5) is 0 Å². The van der Waals surface area contributed by atoms with Crippen LogP contribution in [0.25, 0.3) is 0 Å². The number of benzene rings is 2. The Bertz CT molecular complexity index is 1680. The van der Waals surface area contributed by atoms with Crippen LogP contribution < -0.4 is 0 Å². The van der Waals surface area contributed by atoms with E-state index in [1.807, 2.05) is 0 Å². The zero-order valence-corrected chi connectivity index (χ0v) is 28.5. The molecule has 49 heavy (non-hydrogen) atoms. The molecule has 3 aliphatic rings. The molecule has 0 amide bonds. The van der Waals surface area contributed by atoms with Gasteiger partial charge in [0.25, 0.3) is 0 Å². The average molecular weight is 675 g/mol.